The molecule has 170 valence electrons. The number of rotatable bonds is 4. The van der Waals surface area contributed by atoms with Crippen molar-refractivity contribution in [3.63, 3.8) is 0 Å². The van der Waals surface area contributed by atoms with Crippen LogP contribution in [0.15, 0.2) is 36.5 Å². The number of carbonyl (C=O) groups is 4. The molecular formula is C24H24N4O5. The van der Waals surface area contributed by atoms with E-state index in [9.17, 15) is 19.2 Å². The van der Waals surface area contributed by atoms with Crippen LogP contribution in [0.3, 0.4) is 0 Å². The first-order valence-corrected chi connectivity index (χ1v) is 10.9. The lowest BCUT2D eigenvalue weighted by Gasteiger charge is -2.29. The van der Waals surface area contributed by atoms with Crippen LogP contribution in [0.1, 0.15) is 54.1 Å². The van der Waals surface area contributed by atoms with Gasteiger partial charge in [-0.2, -0.15) is 0 Å². The van der Waals surface area contributed by atoms with Crippen molar-refractivity contribution in [3.05, 3.63) is 53.2 Å². The van der Waals surface area contributed by atoms with Gasteiger partial charge in [-0.1, -0.05) is 19.1 Å². The number of imide groups is 1. The number of pyridine rings is 1. The molecule has 2 aliphatic heterocycles. The Morgan fingerprint density at radius 1 is 1.21 bits per heavy atom. The minimum atomic E-state index is -0.688. The first kappa shape index (κ1) is 21.1. The van der Waals surface area contributed by atoms with Gasteiger partial charge in [-0.15, -0.1) is 0 Å². The lowest BCUT2D eigenvalue weighted by molar-refractivity contribution is -0.136. The summed E-state index contributed by atoms with van der Waals surface area (Å²) < 4.78 is 5.48. The largest absolute Gasteiger partial charge is 0.420 e. The minimum Gasteiger partial charge on any atom is -0.410 e. The number of hydrogen-bond donors (Lipinski definition) is 1. The Bertz CT molecular complexity index is 1170. The quantitative estimate of drug-likeness (QED) is 0.720. The fourth-order valence-corrected chi connectivity index (χ4v) is 4.28. The average Bonchev–Trinajstić information content (AvgIpc) is 3.48. The van der Waals surface area contributed by atoms with E-state index in [1.54, 1.807) is 31.4 Å². The van der Waals surface area contributed by atoms with Gasteiger partial charge in [0.05, 0.1) is 0 Å². The Labute approximate surface area is 190 Å². The van der Waals surface area contributed by atoms with Crippen molar-refractivity contribution in [2.45, 2.75) is 50.6 Å². The number of benzene rings is 1. The van der Waals surface area contributed by atoms with Gasteiger partial charge in [-0.05, 0) is 54.0 Å². The standard InChI is InChI=1S/C24H24N4O5/c1-24(9-10-24)15-4-7-19(25-12-15)27(2)23(32)33-16-5-3-14-13-28(22(31)17(14)11-16)18-6-8-20(29)26-21(18)30/h3-5,7,11-12,18H,6,8-10,13H2,1-2H3,(H,26,29,30). The highest BCUT2D eigenvalue weighted by Crippen LogP contribution is 2.47. The van der Waals surface area contributed by atoms with E-state index in [2.05, 4.69) is 17.2 Å². The molecule has 4 amide bonds. The van der Waals surface area contributed by atoms with E-state index in [-0.39, 0.29) is 35.9 Å². The molecule has 2 aromatic rings. The van der Waals surface area contributed by atoms with Crippen LogP contribution in [-0.2, 0) is 21.5 Å². The summed E-state index contributed by atoms with van der Waals surface area (Å²) in [5.41, 5.74) is 2.48. The first-order chi connectivity index (χ1) is 15.7. The van der Waals surface area contributed by atoms with Gasteiger partial charge in [0.15, 0.2) is 0 Å². The summed E-state index contributed by atoms with van der Waals surface area (Å²) in [6, 6.07) is 7.94. The van der Waals surface area contributed by atoms with Gasteiger partial charge in [0.2, 0.25) is 11.8 Å². The van der Waals surface area contributed by atoms with Crippen LogP contribution in [0.25, 0.3) is 0 Å². The Morgan fingerprint density at radius 2 is 2.00 bits per heavy atom. The van der Waals surface area contributed by atoms with E-state index < -0.39 is 18.0 Å². The summed E-state index contributed by atoms with van der Waals surface area (Å²) in [6.45, 7) is 2.46. The van der Waals surface area contributed by atoms with Crippen LogP contribution in [0, 0.1) is 0 Å². The zero-order chi connectivity index (χ0) is 23.3. The molecule has 1 saturated carbocycles. The molecule has 1 N–H and O–H groups in total. The Morgan fingerprint density at radius 3 is 2.67 bits per heavy atom. The highest BCUT2D eigenvalue weighted by Gasteiger charge is 2.40. The normalized spacial score (nSPS) is 20.8. The maximum absolute atomic E-state index is 12.9. The van der Waals surface area contributed by atoms with Gasteiger partial charge < -0.3 is 9.64 Å². The number of nitrogens with one attached hydrogen (secondary N) is 1. The van der Waals surface area contributed by atoms with Crippen LogP contribution in [0.5, 0.6) is 5.75 Å². The number of aromatic nitrogens is 1. The van der Waals surface area contributed by atoms with Crippen LogP contribution in [-0.4, -0.2) is 46.8 Å². The molecule has 1 aliphatic carbocycles. The molecule has 1 atom stereocenters. The summed E-state index contributed by atoms with van der Waals surface area (Å²) in [6.07, 6.45) is 3.94. The SMILES string of the molecule is CN(C(=O)Oc1ccc2c(c1)C(=O)N(C1CCC(=O)NC1=O)C2)c1ccc(C2(C)CC2)cn1. The molecule has 9 heteroatoms. The molecule has 33 heavy (non-hydrogen) atoms. The number of anilines is 1. The van der Waals surface area contributed by atoms with Gasteiger partial charge in [-0.25, -0.2) is 9.78 Å². The highest BCUT2D eigenvalue weighted by atomic mass is 16.6. The molecule has 3 aliphatic rings. The fourth-order valence-electron chi connectivity index (χ4n) is 4.28. The van der Waals surface area contributed by atoms with E-state index in [0.717, 1.165) is 24.0 Å². The number of piperidine rings is 1. The minimum absolute atomic E-state index is 0.194. The third kappa shape index (κ3) is 3.83. The smallest absolute Gasteiger partial charge is 0.410 e. The molecule has 9 nitrogen and oxygen atoms in total. The number of carbonyl (C=O) groups excluding carboxylic acids is 4. The lowest BCUT2D eigenvalue weighted by atomic mass is 10.0. The van der Waals surface area contributed by atoms with Crippen molar-refractivity contribution in [3.8, 4) is 5.75 Å². The maximum Gasteiger partial charge on any atom is 0.420 e. The maximum atomic E-state index is 12.9. The van der Waals surface area contributed by atoms with Crippen molar-refractivity contribution >= 4 is 29.6 Å². The first-order valence-electron chi connectivity index (χ1n) is 10.9. The van der Waals surface area contributed by atoms with E-state index in [1.165, 1.54) is 15.9 Å². The monoisotopic (exact) mass is 448 g/mol. The van der Waals surface area contributed by atoms with E-state index in [1.807, 2.05) is 6.07 Å². The topological polar surface area (TPSA) is 109 Å². The molecule has 1 aromatic carbocycles. The zero-order valence-electron chi connectivity index (χ0n) is 18.5. The van der Waals surface area contributed by atoms with Crippen molar-refractivity contribution in [2.75, 3.05) is 11.9 Å². The predicted octanol–water partition coefficient (Wildman–Crippen LogP) is 2.53. The molecule has 0 spiro atoms. The predicted molar refractivity (Wildman–Crippen MR) is 118 cm³/mol. The van der Waals surface area contributed by atoms with Crippen LogP contribution in [0.2, 0.25) is 0 Å². The van der Waals surface area contributed by atoms with E-state index in [4.69, 9.17) is 4.74 Å². The van der Waals surface area contributed by atoms with Crippen LogP contribution < -0.4 is 15.0 Å². The van der Waals surface area contributed by atoms with Crippen molar-refractivity contribution in [1.29, 1.82) is 0 Å². The summed E-state index contributed by atoms with van der Waals surface area (Å²) in [7, 11) is 1.58. The van der Waals surface area contributed by atoms with E-state index in [0.29, 0.717) is 17.8 Å². The zero-order valence-corrected chi connectivity index (χ0v) is 18.5. The second-order valence-corrected chi connectivity index (χ2v) is 9.11. The van der Waals surface area contributed by atoms with Crippen molar-refractivity contribution in [1.82, 2.24) is 15.2 Å². The number of fused-ring (bicyclic) bond motifs is 1. The molecule has 0 radical (unpaired) electrons. The third-order valence-corrected chi connectivity index (χ3v) is 6.77. The van der Waals surface area contributed by atoms with Crippen molar-refractivity contribution < 1.29 is 23.9 Å². The molecule has 1 saturated heterocycles. The second-order valence-electron chi connectivity index (χ2n) is 9.11. The van der Waals surface area contributed by atoms with Gasteiger partial charge in [0.1, 0.15) is 17.6 Å². The second kappa shape index (κ2) is 7.68. The molecule has 5 rings (SSSR count). The Hall–Kier alpha value is -3.75. The van der Waals surface area contributed by atoms with Crippen LogP contribution >= 0.6 is 0 Å². The van der Waals surface area contributed by atoms with Crippen molar-refractivity contribution in [2.24, 2.45) is 0 Å². The molecule has 1 unspecified atom stereocenters. The molecule has 3 heterocycles. The van der Waals surface area contributed by atoms with Gasteiger partial charge in [0.25, 0.3) is 5.91 Å². The molecule has 2 fully saturated rings. The molecule has 1 aromatic heterocycles. The summed E-state index contributed by atoms with van der Waals surface area (Å²) in [4.78, 5) is 56.3. The summed E-state index contributed by atoms with van der Waals surface area (Å²) in [5, 5.41) is 2.28. The van der Waals surface area contributed by atoms with Gasteiger partial charge in [-0.3, -0.25) is 24.6 Å². The van der Waals surface area contributed by atoms with E-state index >= 15 is 0 Å². The van der Waals surface area contributed by atoms with Crippen LogP contribution in [0.4, 0.5) is 10.6 Å². The average molecular weight is 448 g/mol. The fraction of sp³-hybridized carbons (Fsp3) is 0.375. The highest BCUT2D eigenvalue weighted by molar-refractivity contribution is 6.05. The summed E-state index contributed by atoms with van der Waals surface area (Å²) >= 11 is 0. The number of ether oxygens (including phenoxy) is 1. The molecular weight excluding hydrogens is 424 g/mol. The summed E-state index contributed by atoms with van der Waals surface area (Å²) in [5.74, 6) is -0.420. The lowest BCUT2D eigenvalue weighted by Crippen LogP contribution is -2.52. The number of amides is 4. The number of nitrogens with zero attached hydrogens (tertiary/aromatic N) is 3. The van der Waals surface area contributed by atoms with Gasteiger partial charge in [0, 0.05) is 31.8 Å². The third-order valence-electron chi connectivity index (χ3n) is 6.77. The Balaban J connectivity index is 1.27. The van der Waals surface area contributed by atoms with Gasteiger partial charge >= 0.3 is 6.09 Å². The Kier molecular flexibility index (Phi) is 4.92. The molecule has 0 bridgehead atoms. The number of hydrogen-bond acceptors (Lipinski definition) is 6.